The summed E-state index contributed by atoms with van der Waals surface area (Å²) in [4.78, 5) is 0. The van der Waals surface area contributed by atoms with Crippen molar-refractivity contribution in [1.82, 2.24) is 4.31 Å². The first kappa shape index (κ1) is 14.0. The maximum atomic E-state index is 10.8. The number of hydrogen-bond donors (Lipinski definition) is 0. The molecular weight excluding hydrogens is 225 g/mol. The summed E-state index contributed by atoms with van der Waals surface area (Å²) in [7, 11) is -3.10. The van der Waals surface area contributed by atoms with Gasteiger partial charge in [-0.3, -0.25) is 4.21 Å². The van der Waals surface area contributed by atoms with Gasteiger partial charge in [-0.05, 0) is 5.92 Å². The maximum Gasteiger partial charge on any atom is 1.00 e. The Morgan fingerprint density at radius 3 is 2.31 bits per heavy atom. The second kappa shape index (κ2) is 5.20. The summed E-state index contributed by atoms with van der Waals surface area (Å²) >= 11 is -2.06. The quantitative estimate of drug-likeness (QED) is 0.367. The first-order valence-electron chi connectivity index (χ1n) is 3.40. The Morgan fingerprint density at radius 1 is 1.54 bits per heavy atom. The molecule has 1 fully saturated rings. The monoisotopic (exact) mass is 235 g/mol. The summed E-state index contributed by atoms with van der Waals surface area (Å²) in [5.74, 6) is 0.0458. The van der Waals surface area contributed by atoms with Crippen LogP contribution < -0.4 is 29.6 Å². The van der Waals surface area contributed by atoms with Crippen molar-refractivity contribution in [2.75, 3.05) is 25.1 Å². The van der Waals surface area contributed by atoms with Gasteiger partial charge in [0, 0.05) is 18.8 Å². The number of hydrogen-bond acceptors (Lipinski definition) is 4. The molecular formula is C5H10NNaO4S2. The Balaban J connectivity index is 0.00000144. The molecule has 0 aromatic rings. The van der Waals surface area contributed by atoms with E-state index in [4.69, 9.17) is 0 Å². The Bertz CT molecular complexity index is 285. The maximum absolute atomic E-state index is 10.8. The first-order valence-corrected chi connectivity index (χ1v) is 6.50. The van der Waals surface area contributed by atoms with Gasteiger partial charge in [-0.25, -0.2) is 12.7 Å². The molecule has 1 saturated heterocycles. The van der Waals surface area contributed by atoms with Crippen molar-refractivity contribution in [3.05, 3.63) is 0 Å². The molecule has 1 atom stereocenters. The van der Waals surface area contributed by atoms with E-state index in [2.05, 4.69) is 0 Å². The molecule has 0 amide bonds. The van der Waals surface area contributed by atoms with Crippen LogP contribution in [0.5, 0.6) is 0 Å². The predicted molar refractivity (Wildman–Crippen MR) is 43.7 cm³/mol. The SMILES string of the molecule is CS(=O)(=O)N1CC(CS(=O)[O-])C1.[Na+]. The fourth-order valence-electron chi connectivity index (χ4n) is 1.09. The molecule has 0 aliphatic carbocycles. The zero-order chi connectivity index (χ0) is 9.35. The van der Waals surface area contributed by atoms with E-state index < -0.39 is 21.1 Å². The van der Waals surface area contributed by atoms with Crippen LogP contribution in [0.2, 0.25) is 0 Å². The van der Waals surface area contributed by atoms with Crippen LogP contribution in [-0.4, -0.2) is 46.6 Å². The minimum Gasteiger partial charge on any atom is -0.772 e. The van der Waals surface area contributed by atoms with Crippen molar-refractivity contribution in [2.45, 2.75) is 0 Å². The topological polar surface area (TPSA) is 77.5 Å². The van der Waals surface area contributed by atoms with E-state index in [9.17, 15) is 17.2 Å². The molecule has 0 radical (unpaired) electrons. The van der Waals surface area contributed by atoms with Crippen molar-refractivity contribution in [3.8, 4) is 0 Å². The van der Waals surface area contributed by atoms with E-state index in [0.29, 0.717) is 13.1 Å². The average molecular weight is 235 g/mol. The van der Waals surface area contributed by atoms with Gasteiger partial charge in [-0.15, -0.1) is 0 Å². The molecule has 0 bridgehead atoms. The smallest absolute Gasteiger partial charge is 0.772 e. The Morgan fingerprint density at radius 2 is 2.00 bits per heavy atom. The molecule has 1 heterocycles. The Labute approximate surface area is 103 Å². The molecule has 1 unspecified atom stereocenters. The molecule has 1 rings (SSSR count). The molecule has 0 spiro atoms. The molecule has 1 aliphatic heterocycles. The van der Waals surface area contributed by atoms with Gasteiger partial charge in [0.05, 0.1) is 6.26 Å². The van der Waals surface area contributed by atoms with Gasteiger partial charge >= 0.3 is 29.6 Å². The van der Waals surface area contributed by atoms with Crippen molar-refractivity contribution < 1.29 is 46.7 Å². The normalized spacial score (nSPS) is 21.7. The zero-order valence-electron chi connectivity index (χ0n) is 7.60. The van der Waals surface area contributed by atoms with E-state index >= 15 is 0 Å². The van der Waals surface area contributed by atoms with Crippen LogP contribution in [-0.2, 0) is 21.1 Å². The van der Waals surface area contributed by atoms with Crippen molar-refractivity contribution >= 4 is 21.1 Å². The van der Waals surface area contributed by atoms with Crippen LogP contribution in [0, 0.1) is 5.92 Å². The molecule has 5 nitrogen and oxygen atoms in total. The van der Waals surface area contributed by atoms with Crippen molar-refractivity contribution in [3.63, 3.8) is 0 Å². The summed E-state index contributed by atoms with van der Waals surface area (Å²) in [5.41, 5.74) is 0. The second-order valence-electron chi connectivity index (χ2n) is 2.92. The van der Waals surface area contributed by atoms with E-state index in [1.807, 2.05) is 0 Å². The molecule has 72 valence electrons. The Kier molecular flexibility index (Phi) is 5.61. The number of rotatable bonds is 3. The molecule has 0 saturated carbocycles. The number of nitrogens with zero attached hydrogens (tertiary/aromatic N) is 1. The van der Waals surface area contributed by atoms with Crippen molar-refractivity contribution in [1.29, 1.82) is 0 Å². The standard InChI is InChI=1S/C5H11NO4S2.Na/c1-12(9,10)6-2-5(3-6)4-11(7)8;/h5H,2-4H2,1H3,(H,7,8);/q;+1/p-1. The van der Waals surface area contributed by atoms with Gasteiger partial charge < -0.3 is 4.55 Å². The fourth-order valence-corrected chi connectivity index (χ4v) is 2.65. The summed E-state index contributed by atoms with van der Waals surface area (Å²) in [6, 6.07) is 0. The van der Waals surface area contributed by atoms with E-state index in [1.54, 1.807) is 0 Å². The van der Waals surface area contributed by atoms with Gasteiger partial charge in [0.25, 0.3) is 0 Å². The molecule has 13 heavy (non-hydrogen) atoms. The van der Waals surface area contributed by atoms with E-state index in [1.165, 1.54) is 4.31 Å². The van der Waals surface area contributed by atoms with Crippen molar-refractivity contribution in [2.24, 2.45) is 5.92 Å². The van der Waals surface area contributed by atoms with Crippen LogP contribution in [0.1, 0.15) is 0 Å². The van der Waals surface area contributed by atoms with Crippen LogP contribution in [0.4, 0.5) is 0 Å². The number of sulfonamides is 1. The van der Waals surface area contributed by atoms with Crippen LogP contribution in [0.3, 0.4) is 0 Å². The minimum atomic E-state index is -3.10. The molecule has 8 heteroatoms. The molecule has 0 aromatic carbocycles. The van der Waals surface area contributed by atoms with Gasteiger partial charge in [0.15, 0.2) is 0 Å². The van der Waals surface area contributed by atoms with Gasteiger partial charge in [-0.2, -0.15) is 0 Å². The summed E-state index contributed by atoms with van der Waals surface area (Å²) in [5, 5.41) is 0. The van der Waals surface area contributed by atoms with Crippen LogP contribution in [0.15, 0.2) is 0 Å². The fraction of sp³-hybridized carbons (Fsp3) is 1.00. The van der Waals surface area contributed by atoms with Crippen LogP contribution in [0.25, 0.3) is 0 Å². The summed E-state index contributed by atoms with van der Waals surface area (Å²) in [6.07, 6.45) is 1.12. The third kappa shape index (κ3) is 4.37. The van der Waals surface area contributed by atoms with Gasteiger partial charge in [-0.1, -0.05) is 11.1 Å². The average Bonchev–Trinajstić information content (AvgIpc) is 1.73. The molecule has 1 aliphatic rings. The molecule has 0 aromatic heterocycles. The van der Waals surface area contributed by atoms with E-state index in [0.717, 1.165) is 6.26 Å². The first-order chi connectivity index (χ1) is 5.39. The second-order valence-corrected chi connectivity index (χ2v) is 5.84. The van der Waals surface area contributed by atoms with Gasteiger partial charge in [0.1, 0.15) is 0 Å². The van der Waals surface area contributed by atoms with Gasteiger partial charge in [0.2, 0.25) is 10.0 Å². The van der Waals surface area contributed by atoms with Crippen LogP contribution >= 0.6 is 0 Å². The third-order valence-electron chi connectivity index (χ3n) is 1.76. The minimum absolute atomic E-state index is 0. The predicted octanol–water partition coefficient (Wildman–Crippen LogP) is -4.24. The van der Waals surface area contributed by atoms with E-state index in [-0.39, 0.29) is 41.2 Å². The third-order valence-corrected chi connectivity index (χ3v) is 3.74. The Hall–Kier alpha value is 1.02. The summed E-state index contributed by atoms with van der Waals surface area (Å²) in [6.45, 7) is 0.680. The largest absolute Gasteiger partial charge is 1.00 e. The molecule has 0 N–H and O–H groups in total. The summed E-state index contributed by atoms with van der Waals surface area (Å²) < 4.78 is 43.3. The zero-order valence-corrected chi connectivity index (χ0v) is 11.2.